The average Bonchev–Trinajstić information content (AvgIpc) is 2.20. The third-order valence-electron chi connectivity index (χ3n) is 3.16. The Balaban J connectivity index is 2.13. The zero-order valence-corrected chi connectivity index (χ0v) is 8.28. The van der Waals surface area contributed by atoms with Crippen molar-refractivity contribution in [1.82, 2.24) is 0 Å². The minimum Gasteiger partial charge on any atom is -0.294 e. The van der Waals surface area contributed by atoms with Gasteiger partial charge in [-0.05, 0) is 18.9 Å². The van der Waals surface area contributed by atoms with Crippen molar-refractivity contribution in [2.45, 2.75) is 25.7 Å². The molecule has 0 aromatic rings. The summed E-state index contributed by atoms with van der Waals surface area (Å²) in [7, 11) is 0. The molecule has 0 spiro atoms. The number of carbonyl (C=O) groups excluding carboxylic acids is 1. The van der Waals surface area contributed by atoms with Crippen LogP contribution in [0.2, 0.25) is 0 Å². The van der Waals surface area contributed by atoms with Crippen molar-refractivity contribution in [2.24, 2.45) is 11.8 Å². The predicted octanol–water partition coefficient (Wildman–Crippen LogP) is 0.688. The van der Waals surface area contributed by atoms with Crippen molar-refractivity contribution in [3.8, 4) is 0 Å². The van der Waals surface area contributed by atoms with Gasteiger partial charge >= 0.3 is 0 Å². The number of hydrogen-bond donors (Lipinski definition) is 1. The quantitative estimate of drug-likeness (QED) is 0.649. The van der Waals surface area contributed by atoms with Crippen LogP contribution in [0.1, 0.15) is 25.7 Å². The van der Waals surface area contributed by atoms with Gasteiger partial charge in [-0.15, -0.1) is 0 Å². The van der Waals surface area contributed by atoms with Crippen LogP contribution in [-0.4, -0.2) is 11.5 Å². The van der Waals surface area contributed by atoms with Gasteiger partial charge in [0.1, 0.15) is 0 Å². The van der Waals surface area contributed by atoms with Crippen molar-refractivity contribution in [2.75, 3.05) is 0 Å². The molecule has 1 saturated carbocycles. The summed E-state index contributed by atoms with van der Waals surface area (Å²) >= 11 is 0. The van der Waals surface area contributed by atoms with Gasteiger partial charge in [-0.25, -0.2) is 0 Å². The van der Waals surface area contributed by atoms with Crippen molar-refractivity contribution >= 4 is 11.5 Å². The molecule has 2 nitrogen and oxygen atoms in total. The van der Waals surface area contributed by atoms with Gasteiger partial charge in [-0.1, -0.05) is 24.6 Å². The van der Waals surface area contributed by atoms with Crippen molar-refractivity contribution in [1.29, 1.82) is 0 Å². The molecule has 0 bridgehead atoms. The molecule has 0 saturated heterocycles. The van der Waals surface area contributed by atoms with E-state index >= 15 is 0 Å². The van der Waals surface area contributed by atoms with Gasteiger partial charge in [0.25, 0.3) is 0 Å². The van der Waals surface area contributed by atoms with E-state index in [4.69, 9.17) is 5.41 Å². The molecule has 0 radical (unpaired) electrons. The lowest BCUT2D eigenvalue weighted by molar-refractivity contribution is -0.130. The molecule has 2 rings (SSSR count). The van der Waals surface area contributed by atoms with Gasteiger partial charge in [0.15, 0.2) is 11.5 Å². The van der Waals surface area contributed by atoms with Crippen LogP contribution in [0.25, 0.3) is 0 Å². The van der Waals surface area contributed by atoms with Gasteiger partial charge in [0, 0.05) is 6.42 Å². The molecular weight excluding hydrogens is 174 g/mol. The first-order chi connectivity index (χ1) is 6.79. The van der Waals surface area contributed by atoms with Crippen LogP contribution >= 0.6 is 0 Å². The normalized spacial score (nSPS) is 32.3. The number of hydrogen-bond acceptors (Lipinski definition) is 1. The molecule has 2 atom stereocenters. The highest BCUT2D eigenvalue weighted by molar-refractivity contribution is 5.98. The number of allylic oxidation sites excluding steroid dienone is 4. The number of ketones is 1. The van der Waals surface area contributed by atoms with Crippen LogP contribution < -0.4 is 5.41 Å². The van der Waals surface area contributed by atoms with Gasteiger partial charge in [-0.2, -0.15) is 0 Å². The van der Waals surface area contributed by atoms with Crippen LogP contribution in [0, 0.1) is 11.8 Å². The molecule has 2 aliphatic rings. The fourth-order valence-corrected chi connectivity index (χ4v) is 2.35. The minimum absolute atomic E-state index is 0.0142. The van der Waals surface area contributed by atoms with E-state index in [0.29, 0.717) is 0 Å². The van der Waals surface area contributed by atoms with Crippen LogP contribution in [-0.2, 0) is 4.79 Å². The van der Waals surface area contributed by atoms with E-state index in [1.54, 1.807) is 12.2 Å². The molecular formula is C12H16NO+. The van der Waals surface area contributed by atoms with E-state index in [-0.39, 0.29) is 17.6 Å². The first kappa shape index (κ1) is 9.38. The summed E-state index contributed by atoms with van der Waals surface area (Å²) in [6.45, 7) is 0. The molecule has 2 N–H and O–H groups in total. The summed E-state index contributed by atoms with van der Waals surface area (Å²) in [6, 6.07) is 0. The fraction of sp³-hybridized carbons (Fsp3) is 0.500. The van der Waals surface area contributed by atoms with Crippen LogP contribution in [0.5, 0.6) is 0 Å². The highest BCUT2D eigenvalue weighted by Gasteiger charge is 2.33. The number of rotatable bonds is 1. The van der Waals surface area contributed by atoms with E-state index < -0.39 is 0 Å². The number of carbonyl (C=O) groups is 1. The Morgan fingerprint density at radius 1 is 1.29 bits per heavy atom. The summed E-state index contributed by atoms with van der Waals surface area (Å²) in [5, 5.41) is 5.98. The van der Waals surface area contributed by atoms with Crippen molar-refractivity contribution < 1.29 is 10.2 Å². The molecule has 14 heavy (non-hydrogen) atoms. The Kier molecular flexibility index (Phi) is 2.62. The largest absolute Gasteiger partial charge is 0.294 e. The molecule has 74 valence electrons. The first-order valence-corrected chi connectivity index (χ1v) is 5.29. The molecule has 0 amide bonds. The second-order valence-electron chi connectivity index (χ2n) is 4.10. The van der Waals surface area contributed by atoms with Crippen molar-refractivity contribution in [3.05, 3.63) is 24.3 Å². The Bertz CT molecular complexity index is 314. The lowest BCUT2D eigenvalue weighted by Crippen LogP contribution is -2.48. The Morgan fingerprint density at radius 2 is 2.14 bits per heavy atom. The van der Waals surface area contributed by atoms with Crippen LogP contribution in [0.4, 0.5) is 0 Å². The highest BCUT2D eigenvalue weighted by Crippen LogP contribution is 2.29. The lowest BCUT2D eigenvalue weighted by Gasteiger charge is -2.25. The van der Waals surface area contributed by atoms with E-state index in [1.807, 2.05) is 12.2 Å². The molecule has 1 fully saturated rings. The molecule has 2 unspecified atom stereocenters. The molecule has 2 aliphatic carbocycles. The maximum atomic E-state index is 11.6. The molecule has 2 heteroatoms. The van der Waals surface area contributed by atoms with Crippen molar-refractivity contribution in [3.63, 3.8) is 0 Å². The second-order valence-corrected chi connectivity index (χ2v) is 4.10. The summed E-state index contributed by atoms with van der Waals surface area (Å²) < 4.78 is 0. The lowest BCUT2D eigenvalue weighted by atomic mass is 9.75. The zero-order valence-electron chi connectivity index (χ0n) is 8.28. The molecule has 0 heterocycles. The van der Waals surface area contributed by atoms with Crippen LogP contribution in [0.15, 0.2) is 24.3 Å². The summed E-state index contributed by atoms with van der Waals surface area (Å²) in [5.74, 6) is 0.514. The topological polar surface area (TPSA) is 42.7 Å². The molecule has 0 aromatic heterocycles. The summed E-state index contributed by atoms with van der Waals surface area (Å²) in [4.78, 5) is 11.6. The smallest absolute Gasteiger partial charge is 0.163 e. The van der Waals surface area contributed by atoms with Gasteiger partial charge in [0.05, 0.1) is 11.8 Å². The minimum atomic E-state index is 0.0142. The monoisotopic (exact) mass is 190 g/mol. The van der Waals surface area contributed by atoms with E-state index in [1.165, 1.54) is 12.8 Å². The van der Waals surface area contributed by atoms with E-state index in [2.05, 4.69) is 0 Å². The second kappa shape index (κ2) is 3.91. The Labute approximate surface area is 84.2 Å². The maximum absolute atomic E-state index is 11.6. The number of nitrogens with two attached hydrogens (primary N) is 1. The fourth-order valence-electron chi connectivity index (χ4n) is 2.35. The Morgan fingerprint density at radius 3 is 2.86 bits per heavy atom. The van der Waals surface area contributed by atoms with Gasteiger partial charge in [-0.3, -0.25) is 10.2 Å². The third kappa shape index (κ3) is 1.69. The average molecular weight is 190 g/mol. The first-order valence-electron chi connectivity index (χ1n) is 5.29. The third-order valence-corrected chi connectivity index (χ3v) is 3.16. The standard InChI is InChI=1S/C12H15NO/c13-11-7-3-1-5-9(11)10-6-2-4-8-12(10)14/h2,4,6,8-10,13H,1,3,5,7H2/p+1. The SMILES string of the molecule is [NH2+]=C1CCCCC1C1C=CC=CC1=O. The highest BCUT2D eigenvalue weighted by atomic mass is 16.1. The van der Waals surface area contributed by atoms with Gasteiger partial charge in [0.2, 0.25) is 0 Å². The van der Waals surface area contributed by atoms with E-state index in [0.717, 1.165) is 18.6 Å². The summed E-state index contributed by atoms with van der Waals surface area (Å²) in [5.41, 5.74) is 1.02. The van der Waals surface area contributed by atoms with Gasteiger partial charge < -0.3 is 0 Å². The van der Waals surface area contributed by atoms with Crippen LogP contribution in [0.3, 0.4) is 0 Å². The Hall–Kier alpha value is -1.18. The molecule has 0 aliphatic heterocycles. The maximum Gasteiger partial charge on any atom is 0.163 e. The zero-order chi connectivity index (χ0) is 9.97. The predicted molar refractivity (Wildman–Crippen MR) is 55.7 cm³/mol. The molecule has 0 aromatic carbocycles. The summed E-state index contributed by atoms with van der Waals surface area (Å²) in [6.07, 6.45) is 11.9. The van der Waals surface area contributed by atoms with E-state index in [9.17, 15) is 4.79 Å².